The van der Waals surface area contributed by atoms with Gasteiger partial charge in [-0.05, 0) is 24.1 Å². The molecule has 2 heterocycles. The van der Waals surface area contributed by atoms with Crippen molar-refractivity contribution in [3.63, 3.8) is 0 Å². The zero-order valence-corrected chi connectivity index (χ0v) is 16.5. The van der Waals surface area contributed by atoms with Crippen molar-refractivity contribution in [3.8, 4) is 0 Å². The first kappa shape index (κ1) is 20.6. The summed E-state index contributed by atoms with van der Waals surface area (Å²) in [6.45, 7) is 3.12. The van der Waals surface area contributed by atoms with Crippen LogP contribution in [-0.2, 0) is 12.6 Å². The fraction of sp³-hybridized carbons (Fsp3) is 0.348. The maximum atomic E-state index is 13.3. The second-order valence-corrected chi connectivity index (χ2v) is 7.67. The third-order valence-electron chi connectivity index (χ3n) is 5.48. The Morgan fingerprint density at radius 1 is 0.933 bits per heavy atom. The van der Waals surface area contributed by atoms with E-state index >= 15 is 0 Å². The van der Waals surface area contributed by atoms with Gasteiger partial charge < -0.3 is 10.0 Å². The topological polar surface area (TPSA) is 39.6 Å². The highest BCUT2D eigenvalue weighted by molar-refractivity contribution is 5.92. The van der Waals surface area contributed by atoms with E-state index in [0.717, 1.165) is 17.0 Å². The predicted molar refractivity (Wildman–Crippen MR) is 112 cm³/mol. The van der Waals surface area contributed by atoms with Crippen LogP contribution < -0.4 is 4.90 Å². The number of piperazine rings is 1. The largest absolute Gasteiger partial charge is 0.433 e. The van der Waals surface area contributed by atoms with E-state index in [4.69, 9.17) is 0 Å². The molecule has 4 rings (SSSR count). The number of hydrogen-bond donors (Lipinski definition) is 1. The molecule has 0 radical (unpaired) electrons. The van der Waals surface area contributed by atoms with Gasteiger partial charge in [-0.2, -0.15) is 13.2 Å². The van der Waals surface area contributed by atoms with Gasteiger partial charge in [0, 0.05) is 43.8 Å². The first-order valence-corrected chi connectivity index (χ1v) is 10.1. The number of β-amino-alcohol motifs (C(OH)–C–C–N with tert-alkyl or cyclic N) is 1. The Labute approximate surface area is 173 Å². The molecular formula is C23H24F3N3O. The van der Waals surface area contributed by atoms with E-state index in [2.05, 4.69) is 9.88 Å². The van der Waals surface area contributed by atoms with Crippen molar-refractivity contribution in [2.75, 3.05) is 37.6 Å². The summed E-state index contributed by atoms with van der Waals surface area (Å²) in [5.41, 5.74) is 1.14. The number of halogens is 3. The number of alkyl halides is 3. The highest BCUT2D eigenvalue weighted by atomic mass is 19.4. The lowest BCUT2D eigenvalue weighted by Crippen LogP contribution is -2.49. The molecule has 3 aromatic rings. The van der Waals surface area contributed by atoms with Gasteiger partial charge in [0.05, 0.1) is 11.6 Å². The maximum Gasteiger partial charge on any atom is 0.433 e. The molecular weight excluding hydrogens is 391 g/mol. The molecule has 1 fully saturated rings. The third-order valence-corrected chi connectivity index (χ3v) is 5.48. The molecule has 30 heavy (non-hydrogen) atoms. The summed E-state index contributed by atoms with van der Waals surface area (Å²) in [5.74, 6) is 0. The van der Waals surface area contributed by atoms with Gasteiger partial charge in [-0.1, -0.05) is 48.5 Å². The highest BCUT2D eigenvalue weighted by Gasteiger charge is 2.34. The van der Waals surface area contributed by atoms with Crippen LogP contribution in [0.4, 0.5) is 18.9 Å². The first-order valence-electron chi connectivity index (χ1n) is 10.1. The van der Waals surface area contributed by atoms with Gasteiger partial charge in [0.1, 0.15) is 5.69 Å². The number of aromatic nitrogens is 1. The number of nitrogens with zero attached hydrogens (tertiary/aromatic N) is 3. The number of rotatable bonds is 5. The third kappa shape index (κ3) is 4.74. The Morgan fingerprint density at radius 2 is 1.60 bits per heavy atom. The molecule has 0 amide bonds. The molecule has 1 N–H and O–H groups in total. The van der Waals surface area contributed by atoms with Crippen molar-refractivity contribution in [1.29, 1.82) is 0 Å². The molecule has 1 aliphatic heterocycles. The van der Waals surface area contributed by atoms with Crippen molar-refractivity contribution in [2.45, 2.75) is 18.7 Å². The number of para-hydroxylation sites is 1. The lowest BCUT2D eigenvalue weighted by molar-refractivity contribution is -0.140. The van der Waals surface area contributed by atoms with Crippen LogP contribution in [0.25, 0.3) is 10.9 Å². The number of pyridine rings is 1. The summed E-state index contributed by atoms with van der Waals surface area (Å²) in [7, 11) is 0. The number of aliphatic hydroxyl groups excluding tert-OH is 1. The van der Waals surface area contributed by atoms with Gasteiger partial charge in [0.15, 0.2) is 0 Å². The number of anilines is 1. The summed E-state index contributed by atoms with van der Waals surface area (Å²) < 4.78 is 40.0. The van der Waals surface area contributed by atoms with Crippen LogP contribution in [-0.4, -0.2) is 53.8 Å². The molecule has 4 nitrogen and oxygen atoms in total. The lowest BCUT2D eigenvalue weighted by Gasteiger charge is -2.37. The molecule has 0 saturated carbocycles. The van der Waals surface area contributed by atoms with Gasteiger partial charge in [0.25, 0.3) is 0 Å². The van der Waals surface area contributed by atoms with Gasteiger partial charge in [0.2, 0.25) is 0 Å². The molecule has 0 aliphatic carbocycles. The Bertz CT molecular complexity index is 986. The van der Waals surface area contributed by atoms with Crippen molar-refractivity contribution in [3.05, 3.63) is 71.9 Å². The van der Waals surface area contributed by atoms with Crippen LogP contribution >= 0.6 is 0 Å². The van der Waals surface area contributed by atoms with E-state index in [-0.39, 0.29) is 0 Å². The summed E-state index contributed by atoms with van der Waals surface area (Å²) >= 11 is 0. The van der Waals surface area contributed by atoms with E-state index in [9.17, 15) is 18.3 Å². The number of benzene rings is 2. The molecule has 0 spiro atoms. The second-order valence-electron chi connectivity index (χ2n) is 7.67. The second kappa shape index (κ2) is 8.62. The molecule has 2 aromatic carbocycles. The summed E-state index contributed by atoms with van der Waals surface area (Å²) in [6, 6.07) is 17.9. The molecule has 1 saturated heterocycles. The van der Waals surface area contributed by atoms with Crippen LogP contribution in [0.15, 0.2) is 60.7 Å². The van der Waals surface area contributed by atoms with E-state index in [1.54, 1.807) is 12.1 Å². The summed E-state index contributed by atoms with van der Waals surface area (Å²) in [5, 5.41) is 11.1. The Morgan fingerprint density at radius 3 is 2.30 bits per heavy atom. The summed E-state index contributed by atoms with van der Waals surface area (Å²) in [4.78, 5) is 7.95. The zero-order chi connectivity index (χ0) is 21.1. The number of hydrogen-bond acceptors (Lipinski definition) is 4. The smallest absolute Gasteiger partial charge is 0.391 e. The summed E-state index contributed by atoms with van der Waals surface area (Å²) in [6.07, 6.45) is -4.37. The minimum atomic E-state index is -4.48. The van der Waals surface area contributed by atoms with Gasteiger partial charge in [-0.15, -0.1) is 0 Å². The van der Waals surface area contributed by atoms with Crippen molar-refractivity contribution in [1.82, 2.24) is 9.88 Å². The minimum absolute atomic E-state index is 0.350. The molecule has 0 bridgehead atoms. The zero-order valence-electron chi connectivity index (χ0n) is 16.5. The highest BCUT2D eigenvalue weighted by Crippen LogP contribution is 2.35. The van der Waals surface area contributed by atoms with E-state index < -0.39 is 18.0 Å². The molecule has 1 aliphatic rings. The number of aliphatic hydroxyl groups is 1. The van der Waals surface area contributed by atoms with Crippen LogP contribution in [0.2, 0.25) is 0 Å². The van der Waals surface area contributed by atoms with Gasteiger partial charge in [-0.25, -0.2) is 4.98 Å². The molecule has 1 unspecified atom stereocenters. The fourth-order valence-corrected chi connectivity index (χ4v) is 3.98. The number of fused-ring (bicyclic) bond motifs is 1. The monoisotopic (exact) mass is 415 g/mol. The Balaban J connectivity index is 1.44. The van der Waals surface area contributed by atoms with Crippen LogP contribution in [0.3, 0.4) is 0 Å². The van der Waals surface area contributed by atoms with E-state index in [1.165, 1.54) is 0 Å². The first-order chi connectivity index (χ1) is 14.4. The lowest BCUT2D eigenvalue weighted by atomic mass is 10.1. The average molecular weight is 415 g/mol. The minimum Gasteiger partial charge on any atom is -0.391 e. The normalized spacial score (nSPS) is 16.7. The molecule has 1 atom stereocenters. The van der Waals surface area contributed by atoms with E-state index in [1.807, 2.05) is 47.4 Å². The quantitative estimate of drug-likeness (QED) is 0.684. The molecule has 1 aromatic heterocycles. The maximum absolute atomic E-state index is 13.3. The molecule has 158 valence electrons. The fourth-order valence-electron chi connectivity index (χ4n) is 3.98. The van der Waals surface area contributed by atoms with Gasteiger partial charge in [-0.3, -0.25) is 4.90 Å². The molecule has 7 heteroatoms. The van der Waals surface area contributed by atoms with Crippen LogP contribution in [0, 0.1) is 0 Å². The Hall–Kier alpha value is -2.64. The SMILES string of the molecule is OC(Cc1ccccc1)CN1CCN(c2cc(C(F)(F)F)nc3ccccc23)CC1. The van der Waals surface area contributed by atoms with Gasteiger partial charge >= 0.3 is 6.18 Å². The van der Waals surface area contributed by atoms with Crippen LogP contribution in [0.5, 0.6) is 0 Å². The van der Waals surface area contributed by atoms with Crippen LogP contribution in [0.1, 0.15) is 11.3 Å². The standard InChI is InChI=1S/C23H24F3N3O/c24-23(25,26)22-15-21(19-8-4-5-9-20(19)27-22)29-12-10-28(11-13-29)16-18(30)14-17-6-2-1-3-7-17/h1-9,15,18,30H,10-14,16H2. The average Bonchev–Trinajstić information content (AvgIpc) is 2.73. The van der Waals surface area contributed by atoms with Crippen molar-refractivity contribution < 1.29 is 18.3 Å². The predicted octanol–water partition coefficient (Wildman–Crippen LogP) is 3.98. The van der Waals surface area contributed by atoms with Crippen molar-refractivity contribution in [2.24, 2.45) is 0 Å². The Kier molecular flexibility index (Phi) is 5.92. The van der Waals surface area contributed by atoms with Crippen molar-refractivity contribution >= 4 is 16.6 Å². The van der Waals surface area contributed by atoms with E-state index in [0.29, 0.717) is 50.3 Å².